The second-order valence-electron chi connectivity index (χ2n) is 4.39. The molecule has 0 aliphatic rings. The van der Waals surface area contributed by atoms with E-state index in [-0.39, 0.29) is 18.0 Å². The molecule has 3 heterocycles. The molecule has 10 heteroatoms. The Labute approximate surface area is 147 Å². The summed E-state index contributed by atoms with van der Waals surface area (Å²) < 4.78 is 0.642. The first-order chi connectivity index (χ1) is 11.0. The number of carbonyl (C=O) groups excluding carboxylic acids is 1. The van der Waals surface area contributed by atoms with Crippen LogP contribution in [0.15, 0.2) is 29.0 Å². The number of nitrogens with zero attached hydrogens (tertiary/aromatic N) is 2. The number of amides is 1. The van der Waals surface area contributed by atoms with Crippen LogP contribution >= 0.6 is 45.6 Å². The molecule has 3 aromatic heterocycles. The lowest BCUT2D eigenvalue weighted by molar-refractivity contribution is -0.384. The molecule has 23 heavy (non-hydrogen) atoms. The van der Waals surface area contributed by atoms with E-state index in [1.807, 2.05) is 6.07 Å². The molecule has 3 rings (SSSR count). The maximum Gasteiger partial charge on any atom is 0.280 e. The Bertz CT molecular complexity index is 871. The first-order valence-electron chi connectivity index (χ1n) is 6.24. The summed E-state index contributed by atoms with van der Waals surface area (Å²) in [7, 11) is 0. The van der Waals surface area contributed by atoms with Crippen molar-refractivity contribution in [3.8, 4) is 10.6 Å². The lowest BCUT2D eigenvalue weighted by Gasteiger charge is -1.99. The van der Waals surface area contributed by atoms with Crippen LogP contribution < -0.4 is 5.32 Å². The summed E-state index contributed by atoms with van der Waals surface area (Å²) in [5.74, 6) is -0.179. The van der Waals surface area contributed by atoms with Gasteiger partial charge in [-0.1, -0.05) is 11.6 Å². The second-order valence-corrected chi connectivity index (χ2v) is 7.96. The molecule has 0 aliphatic heterocycles. The molecule has 0 bridgehead atoms. The van der Waals surface area contributed by atoms with Crippen LogP contribution in [0.1, 0.15) is 4.88 Å². The summed E-state index contributed by atoms with van der Waals surface area (Å²) in [6, 6.07) is 5.03. The summed E-state index contributed by atoms with van der Waals surface area (Å²) in [5, 5.41) is 17.1. The molecule has 6 nitrogen and oxygen atoms in total. The van der Waals surface area contributed by atoms with Gasteiger partial charge in [-0.2, -0.15) is 0 Å². The van der Waals surface area contributed by atoms with Crippen LogP contribution in [-0.4, -0.2) is 15.8 Å². The van der Waals surface area contributed by atoms with Crippen LogP contribution in [0.2, 0.25) is 4.34 Å². The van der Waals surface area contributed by atoms with Crippen LogP contribution in [0.4, 0.5) is 10.8 Å². The number of hydrogen-bond acceptors (Lipinski definition) is 7. The minimum atomic E-state index is -0.443. The zero-order chi connectivity index (χ0) is 16.4. The summed E-state index contributed by atoms with van der Waals surface area (Å²) in [6.07, 6.45) is 0.233. The molecule has 0 unspecified atom stereocenters. The van der Waals surface area contributed by atoms with E-state index in [1.54, 1.807) is 11.4 Å². The molecule has 0 aliphatic carbocycles. The number of carbonyl (C=O) groups is 1. The number of nitro groups is 1. The number of aromatic nitrogens is 1. The fraction of sp³-hybridized carbons (Fsp3) is 0.0769. The Morgan fingerprint density at radius 2 is 2.17 bits per heavy atom. The SMILES string of the molecule is O=C(Cc1ccc(Cl)s1)Nc1nc(-c2cc([N+](=O)[O-])cs2)cs1. The first kappa shape index (κ1) is 16.1. The van der Waals surface area contributed by atoms with E-state index in [4.69, 9.17) is 11.6 Å². The molecule has 0 fully saturated rings. The molecule has 0 saturated carbocycles. The van der Waals surface area contributed by atoms with Gasteiger partial charge in [0.05, 0.1) is 31.6 Å². The van der Waals surface area contributed by atoms with Crippen molar-refractivity contribution < 1.29 is 9.72 Å². The molecule has 1 N–H and O–H groups in total. The number of anilines is 1. The van der Waals surface area contributed by atoms with Crippen LogP contribution in [0.3, 0.4) is 0 Å². The van der Waals surface area contributed by atoms with Gasteiger partial charge in [-0.3, -0.25) is 14.9 Å². The van der Waals surface area contributed by atoms with Crippen LogP contribution in [-0.2, 0) is 11.2 Å². The number of thiophene rings is 2. The van der Waals surface area contributed by atoms with E-state index < -0.39 is 4.92 Å². The van der Waals surface area contributed by atoms with E-state index in [0.29, 0.717) is 20.0 Å². The molecule has 0 spiro atoms. The number of rotatable bonds is 5. The summed E-state index contributed by atoms with van der Waals surface area (Å²) in [5.41, 5.74) is 0.653. The van der Waals surface area contributed by atoms with Crippen molar-refractivity contribution in [1.29, 1.82) is 0 Å². The highest BCUT2D eigenvalue weighted by Gasteiger charge is 2.14. The second kappa shape index (κ2) is 6.75. The predicted molar refractivity (Wildman–Crippen MR) is 93.7 cm³/mol. The van der Waals surface area contributed by atoms with E-state index in [2.05, 4.69) is 10.3 Å². The first-order valence-corrected chi connectivity index (χ1v) is 9.19. The monoisotopic (exact) mass is 385 g/mol. The van der Waals surface area contributed by atoms with Crippen molar-refractivity contribution >= 4 is 62.3 Å². The van der Waals surface area contributed by atoms with Crippen molar-refractivity contribution in [3.63, 3.8) is 0 Å². The largest absolute Gasteiger partial charge is 0.302 e. The molecular weight excluding hydrogens is 378 g/mol. The molecule has 3 aromatic rings. The van der Waals surface area contributed by atoms with Crippen molar-refractivity contribution in [2.75, 3.05) is 5.32 Å². The van der Waals surface area contributed by atoms with Gasteiger partial charge in [0.25, 0.3) is 5.69 Å². The fourth-order valence-corrected chi connectivity index (χ4v) is 4.47. The fourth-order valence-electron chi connectivity index (χ4n) is 1.77. The van der Waals surface area contributed by atoms with Crippen molar-refractivity contribution in [2.24, 2.45) is 0 Å². The Morgan fingerprint density at radius 3 is 2.83 bits per heavy atom. The number of hydrogen-bond donors (Lipinski definition) is 1. The third-order valence-electron chi connectivity index (χ3n) is 2.76. The van der Waals surface area contributed by atoms with Crippen molar-refractivity contribution in [3.05, 3.63) is 48.3 Å². The molecule has 0 atom stereocenters. The quantitative estimate of drug-likeness (QED) is 0.510. The molecule has 0 aromatic carbocycles. The van der Waals surface area contributed by atoms with Crippen LogP contribution in [0, 0.1) is 10.1 Å². The maximum atomic E-state index is 12.0. The van der Waals surface area contributed by atoms with Crippen molar-refractivity contribution in [1.82, 2.24) is 4.98 Å². The van der Waals surface area contributed by atoms with Crippen LogP contribution in [0.5, 0.6) is 0 Å². The maximum absolute atomic E-state index is 12.0. The lowest BCUT2D eigenvalue weighted by atomic mass is 10.3. The smallest absolute Gasteiger partial charge is 0.280 e. The highest BCUT2D eigenvalue weighted by atomic mass is 35.5. The number of halogens is 1. The number of nitrogens with one attached hydrogen (secondary N) is 1. The van der Waals surface area contributed by atoms with E-state index >= 15 is 0 Å². The zero-order valence-electron chi connectivity index (χ0n) is 11.3. The molecule has 1 amide bonds. The zero-order valence-corrected chi connectivity index (χ0v) is 14.5. The van der Waals surface area contributed by atoms with Gasteiger partial charge < -0.3 is 5.32 Å². The van der Waals surface area contributed by atoms with Gasteiger partial charge >= 0.3 is 0 Å². The summed E-state index contributed by atoms with van der Waals surface area (Å²) in [6.45, 7) is 0. The van der Waals surface area contributed by atoms with Gasteiger partial charge in [-0.05, 0) is 12.1 Å². The predicted octanol–water partition coefficient (Wildman–Crippen LogP) is 4.68. The summed E-state index contributed by atoms with van der Waals surface area (Å²) >= 11 is 9.71. The van der Waals surface area contributed by atoms with Gasteiger partial charge in [0, 0.05) is 16.3 Å². The molecule has 118 valence electrons. The Kier molecular flexibility index (Phi) is 4.71. The third kappa shape index (κ3) is 3.94. The Hall–Kier alpha value is -1.81. The van der Waals surface area contributed by atoms with Crippen molar-refractivity contribution in [2.45, 2.75) is 6.42 Å². The molecular formula is C13H8ClN3O3S3. The van der Waals surface area contributed by atoms with Gasteiger partial charge in [-0.15, -0.1) is 34.0 Å². The summed E-state index contributed by atoms with van der Waals surface area (Å²) in [4.78, 5) is 28.1. The Morgan fingerprint density at radius 1 is 1.35 bits per heavy atom. The minimum Gasteiger partial charge on any atom is -0.302 e. The molecule has 0 saturated heterocycles. The van der Waals surface area contributed by atoms with Crippen LogP contribution in [0.25, 0.3) is 10.6 Å². The van der Waals surface area contributed by atoms with E-state index in [1.165, 1.54) is 45.5 Å². The lowest BCUT2D eigenvalue weighted by Crippen LogP contribution is -2.13. The third-order valence-corrected chi connectivity index (χ3v) is 5.69. The number of thiazole rings is 1. The van der Waals surface area contributed by atoms with E-state index in [0.717, 1.165) is 4.88 Å². The average Bonchev–Trinajstić information content (AvgIpc) is 3.19. The van der Waals surface area contributed by atoms with Gasteiger partial charge in [0.15, 0.2) is 5.13 Å². The highest BCUT2D eigenvalue weighted by molar-refractivity contribution is 7.16. The highest BCUT2D eigenvalue weighted by Crippen LogP contribution is 2.33. The van der Waals surface area contributed by atoms with Gasteiger partial charge in [0.1, 0.15) is 0 Å². The normalized spacial score (nSPS) is 10.7. The molecule has 0 radical (unpaired) electrons. The van der Waals surface area contributed by atoms with Gasteiger partial charge in [0.2, 0.25) is 5.91 Å². The minimum absolute atomic E-state index is 0.0400. The topological polar surface area (TPSA) is 85.1 Å². The van der Waals surface area contributed by atoms with Gasteiger partial charge in [-0.25, -0.2) is 4.98 Å². The standard InChI is InChI=1S/C13H8ClN3O3S3/c14-11-2-1-8(23-11)4-12(18)16-13-15-9(6-22-13)10-3-7(5-21-10)17(19)20/h1-3,5-6H,4H2,(H,15,16,18). The van der Waals surface area contributed by atoms with E-state index in [9.17, 15) is 14.9 Å². The Balaban J connectivity index is 1.66. The average molecular weight is 386 g/mol.